The van der Waals surface area contributed by atoms with Crippen LogP contribution in [0.3, 0.4) is 0 Å². The van der Waals surface area contributed by atoms with E-state index in [0.717, 1.165) is 12.1 Å². The molecular weight excluding hydrogens is 254 g/mol. The average Bonchev–Trinajstić information content (AvgIpc) is 2.60. The van der Waals surface area contributed by atoms with Crippen molar-refractivity contribution in [1.29, 1.82) is 5.26 Å². The lowest BCUT2D eigenvalue weighted by Crippen LogP contribution is -2.36. The van der Waals surface area contributed by atoms with E-state index < -0.39 is 6.10 Å². The number of aliphatic hydroxyl groups is 1. The van der Waals surface area contributed by atoms with E-state index in [4.69, 9.17) is 5.26 Å². The molecular formula is C15H19N3O2. The summed E-state index contributed by atoms with van der Waals surface area (Å²) in [6.45, 7) is 4.50. The molecule has 106 valence electrons. The summed E-state index contributed by atoms with van der Waals surface area (Å²) in [4.78, 5) is 15.2. The zero-order valence-corrected chi connectivity index (χ0v) is 11.6. The first kappa shape index (κ1) is 14.5. The minimum absolute atomic E-state index is 0.00243. The first-order valence-corrected chi connectivity index (χ1v) is 6.73. The van der Waals surface area contributed by atoms with Gasteiger partial charge in [-0.2, -0.15) is 5.26 Å². The Bertz CT molecular complexity index is 524. The van der Waals surface area contributed by atoms with E-state index in [1.165, 1.54) is 6.92 Å². The average molecular weight is 273 g/mol. The summed E-state index contributed by atoms with van der Waals surface area (Å²) < 4.78 is 0. The third-order valence-electron chi connectivity index (χ3n) is 3.49. The summed E-state index contributed by atoms with van der Waals surface area (Å²) in [6, 6.07) is 9.60. The van der Waals surface area contributed by atoms with Crippen molar-refractivity contribution in [3.05, 3.63) is 35.4 Å². The molecule has 1 aliphatic heterocycles. The third kappa shape index (κ3) is 3.80. The van der Waals surface area contributed by atoms with Gasteiger partial charge < -0.3 is 10.0 Å². The lowest BCUT2D eigenvalue weighted by atomic mass is 10.1. The van der Waals surface area contributed by atoms with Gasteiger partial charge >= 0.3 is 0 Å². The van der Waals surface area contributed by atoms with Gasteiger partial charge in [0.1, 0.15) is 0 Å². The number of carbonyl (C=O) groups excluding carboxylic acids is 1. The van der Waals surface area contributed by atoms with Crippen LogP contribution in [0.5, 0.6) is 0 Å². The van der Waals surface area contributed by atoms with E-state index in [2.05, 4.69) is 11.0 Å². The highest BCUT2D eigenvalue weighted by Crippen LogP contribution is 2.11. The second-order valence-corrected chi connectivity index (χ2v) is 5.17. The van der Waals surface area contributed by atoms with E-state index in [9.17, 15) is 9.90 Å². The van der Waals surface area contributed by atoms with Gasteiger partial charge in [0.2, 0.25) is 5.91 Å². The number of β-amino-alcohol motifs (C(OH)–C–C–N with tert-alkyl or cyclic N) is 1. The van der Waals surface area contributed by atoms with Crippen molar-refractivity contribution in [2.75, 3.05) is 26.2 Å². The highest BCUT2D eigenvalue weighted by atomic mass is 16.3. The van der Waals surface area contributed by atoms with Gasteiger partial charge in [0.15, 0.2) is 0 Å². The summed E-state index contributed by atoms with van der Waals surface area (Å²) in [7, 11) is 0. The Hall–Kier alpha value is -1.90. The number of hydrogen-bond donors (Lipinski definition) is 1. The van der Waals surface area contributed by atoms with Crippen LogP contribution in [-0.4, -0.2) is 53.1 Å². The van der Waals surface area contributed by atoms with Crippen LogP contribution >= 0.6 is 0 Å². The largest absolute Gasteiger partial charge is 0.390 e. The molecule has 5 heteroatoms. The van der Waals surface area contributed by atoms with Gasteiger partial charge in [-0.1, -0.05) is 12.1 Å². The quantitative estimate of drug-likeness (QED) is 0.856. The molecule has 20 heavy (non-hydrogen) atoms. The lowest BCUT2D eigenvalue weighted by molar-refractivity contribution is -0.129. The Labute approximate surface area is 119 Å². The molecule has 0 spiro atoms. The fraction of sp³-hybridized carbons (Fsp3) is 0.467. The van der Waals surface area contributed by atoms with Crippen LogP contribution in [0.15, 0.2) is 24.3 Å². The van der Waals surface area contributed by atoms with Crippen LogP contribution in [0.2, 0.25) is 0 Å². The van der Waals surface area contributed by atoms with Crippen molar-refractivity contribution in [1.82, 2.24) is 9.80 Å². The number of rotatable bonds is 2. The van der Waals surface area contributed by atoms with Crippen molar-refractivity contribution in [2.45, 2.75) is 19.6 Å². The van der Waals surface area contributed by atoms with Crippen molar-refractivity contribution >= 4 is 5.91 Å². The topological polar surface area (TPSA) is 67.6 Å². The standard InChI is InChI=1S/C15H19N3O2/c1-12(19)18-6-5-17(10-15(20)11-18)9-14-4-2-3-13(7-14)8-16/h2-4,7,15,20H,5-6,9-11H2,1H3/t15-/m1/s1. The molecule has 0 bridgehead atoms. The zero-order chi connectivity index (χ0) is 14.5. The highest BCUT2D eigenvalue weighted by Gasteiger charge is 2.22. The van der Waals surface area contributed by atoms with Crippen molar-refractivity contribution in [2.24, 2.45) is 0 Å². The first-order valence-electron chi connectivity index (χ1n) is 6.73. The molecule has 1 aromatic rings. The third-order valence-corrected chi connectivity index (χ3v) is 3.49. The number of hydrogen-bond acceptors (Lipinski definition) is 4. The minimum atomic E-state index is -0.527. The van der Waals surface area contributed by atoms with Crippen LogP contribution in [-0.2, 0) is 11.3 Å². The van der Waals surface area contributed by atoms with Gasteiger partial charge in [-0.25, -0.2) is 0 Å². The molecule has 0 aliphatic carbocycles. The van der Waals surface area contributed by atoms with Crippen molar-refractivity contribution in [3.8, 4) is 6.07 Å². The molecule has 0 aromatic heterocycles. The number of carbonyl (C=O) groups is 1. The maximum Gasteiger partial charge on any atom is 0.219 e. The summed E-state index contributed by atoms with van der Waals surface area (Å²) in [5.41, 5.74) is 1.69. The van der Waals surface area contributed by atoms with Crippen molar-refractivity contribution < 1.29 is 9.90 Å². The first-order chi connectivity index (χ1) is 9.58. The number of benzene rings is 1. The molecule has 1 aromatic carbocycles. The molecule has 0 unspecified atom stereocenters. The number of amides is 1. The molecule has 1 aliphatic rings. The second-order valence-electron chi connectivity index (χ2n) is 5.17. The maximum atomic E-state index is 11.4. The molecule has 5 nitrogen and oxygen atoms in total. The maximum absolute atomic E-state index is 11.4. The smallest absolute Gasteiger partial charge is 0.219 e. The van der Waals surface area contributed by atoms with Gasteiger partial charge in [0, 0.05) is 39.6 Å². The fourth-order valence-corrected chi connectivity index (χ4v) is 2.48. The monoisotopic (exact) mass is 273 g/mol. The fourth-order valence-electron chi connectivity index (χ4n) is 2.48. The zero-order valence-electron chi connectivity index (χ0n) is 11.6. The Kier molecular flexibility index (Phi) is 4.72. The van der Waals surface area contributed by atoms with Crippen LogP contribution in [0.4, 0.5) is 0 Å². The molecule has 1 fully saturated rings. The van der Waals surface area contributed by atoms with Gasteiger partial charge in [0.25, 0.3) is 0 Å². The van der Waals surface area contributed by atoms with Gasteiger partial charge in [0.05, 0.1) is 17.7 Å². The van der Waals surface area contributed by atoms with Crippen molar-refractivity contribution in [3.63, 3.8) is 0 Å². The molecule has 0 saturated carbocycles. The number of nitrogens with zero attached hydrogens (tertiary/aromatic N) is 3. The predicted molar refractivity (Wildman–Crippen MR) is 74.7 cm³/mol. The van der Waals surface area contributed by atoms with E-state index in [-0.39, 0.29) is 5.91 Å². The predicted octanol–water partition coefficient (Wildman–Crippen LogP) is 0.583. The Balaban J connectivity index is 2.02. The van der Waals surface area contributed by atoms with Gasteiger partial charge in [-0.05, 0) is 17.7 Å². The number of nitriles is 1. The van der Waals surface area contributed by atoms with Crippen LogP contribution < -0.4 is 0 Å². The van der Waals surface area contributed by atoms with E-state index in [0.29, 0.717) is 31.7 Å². The van der Waals surface area contributed by atoms with Gasteiger partial charge in [-0.15, -0.1) is 0 Å². The molecule has 0 radical (unpaired) electrons. The normalized spacial score (nSPS) is 20.2. The summed E-state index contributed by atoms with van der Waals surface area (Å²) in [5, 5.41) is 18.9. The second kappa shape index (κ2) is 6.51. The molecule has 1 saturated heterocycles. The molecule has 1 amide bonds. The highest BCUT2D eigenvalue weighted by molar-refractivity contribution is 5.73. The molecule has 1 heterocycles. The molecule has 1 N–H and O–H groups in total. The molecule has 1 atom stereocenters. The summed E-state index contributed by atoms with van der Waals surface area (Å²) in [6.07, 6.45) is -0.527. The van der Waals surface area contributed by atoms with E-state index >= 15 is 0 Å². The van der Waals surface area contributed by atoms with Crippen LogP contribution in [0.25, 0.3) is 0 Å². The Morgan fingerprint density at radius 3 is 2.95 bits per heavy atom. The Morgan fingerprint density at radius 1 is 1.45 bits per heavy atom. The number of aliphatic hydroxyl groups excluding tert-OH is 1. The lowest BCUT2D eigenvalue weighted by Gasteiger charge is -2.21. The van der Waals surface area contributed by atoms with E-state index in [1.54, 1.807) is 11.0 Å². The SMILES string of the molecule is CC(=O)N1CCN(Cc2cccc(C#N)c2)C[C@@H](O)C1. The van der Waals surface area contributed by atoms with Crippen LogP contribution in [0, 0.1) is 11.3 Å². The van der Waals surface area contributed by atoms with E-state index in [1.807, 2.05) is 18.2 Å². The summed E-state index contributed by atoms with van der Waals surface area (Å²) in [5.74, 6) is -0.00243. The summed E-state index contributed by atoms with van der Waals surface area (Å²) >= 11 is 0. The Morgan fingerprint density at radius 2 is 2.25 bits per heavy atom. The van der Waals surface area contributed by atoms with Crippen LogP contribution in [0.1, 0.15) is 18.1 Å². The minimum Gasteiger partial charge on any atom is -0.390 e. The molecule has 2 rings (SSSR count). The van der Waals surface area contributed by atoms with Gasteiger partial charge in [-0.3, -0.25) is 9.69 Å².